The van der Waals surface area contributed by atoms with Crippen LogP contribution in [0.3, 0.4) is 0 Å². The second-order valence-corrected chi connectivity index (χ2v) is 7.34. The molecule has 0 aliphatic rings. The van der Waals surface area contributed by atoms with E-state index in [1.54, 1.807) is 0 Å². The van der Waals surface area contributed by atoms with E-state index < -0.39 is 25.6 Å². The number of nitrogens with two attached hydrogens (primary N) is 1. The minimum absolute atomic E-state index is 0.156. The fourth-order valence-electron chi connectivity index (χ4n) is 0.621. The molecular formula is C5H12N2O4S3. The summed E-state index contributed by atoms with van der Waals surface area (Å²) in [4.78, 5) is -0.156. The van der Waals surface area contributed by atoms with Crippen molar-refractivity contribution < 1.29 is 16.8 Å². The molecule has 0 spiro atoms. The van der Waals surface area contributed by atoms with E-state index >= 15 is 0 Å². The molecule has 0 aromatic carbocycles. The monoisotopic (exact) mass is 260 g/mol. The third-order valence-corrected chi connectivity index (χ3v) is 3.73. The lowest BCUT2D eigenvalue weighted by Crippen LogP contribution is -2.35. The van der Waals surface area contributed by atoms with Gasteiger partial charge in [-0.15, -0.1) is 0 Å². The molecule has 3 N–H and O–H groups in total. The van der Waals surface area contributed by atoms with Gasteiger partial charge in [0.25, 0.3) is 0 Å². The third-order valence-electron chi connectivity index (χ3n) is 1.13. The van der Waals surface area contributed by atoms with Crippen molar-refractivity contribution in [1.29, 1.82) is 0 Å². The molecule has 0 fully saturated rings. The predicted octanol–water partition coefficient (Wildman–Crippen LogP) is -1.76. The molecule has 0 radical (unpaired) electrons. The summed E-state index contributed by atoms with van der Waals surface area (Å²) in [5.74, 6) is -0.713. The average molecular weight is 260 g/mol. The van der Waals surface area contributed by atoms with Crippen molar-refractivity contribution in [3.63, 3.8) is 0 Å². The van der Waals surface area contributed by atoms with Crippen molar-refractivity contribution in [1.82, 2.24) is 4.72 Å². The summed E-state index contributed by atoms with van der Waals surface area (Å²) in [6, 6.07) is 0. The summed E-state index contributed by atoms with van der Waals surface area (Å²) in [5.41, 5.74) is 5.03. The second-order valence-electron chi connectivity index (χ2n) is 2.75. The van der Waals surface area contributed by atoms with Crippen LogP contribution in [0.4, 0.5) is 0 Å². The van der Waals surface area contributed by atoms with Gasteiger partial charge in [0.05, 0.1) is 10.7 Å². The van der Waals surface area contributed by atoms with E-state index in [-0.39, 0.29) is 17.3 Å². The Morgan fingerprint density at radius 3 is 2.21 bits per heavy atom. The maximum atomic E-state index is 11.1. The van der Waals surface area contributed by atoms with E-state index in [1.807, 2.05) is 0 Å². The van der Waals surface area contributed by atoms with Crippen LogP contribution < -0.4 is 10.5 Å². The third kappa shape index (κ3) is 8.35. The Hall–Kier alpha value is -0.250. The lowest BCUT2D eigenvalue weighted by molar-refractivity contribution is 0.585. The number of sulfonamides is 1. The number of hydrogen-bond acceptors (Lipinski definition) is 5. The summed E-state index contributed by atoms with van der Waals surface area (Å²) in [7, 11) is -6.75. The lowest BCUT2D eigenvalue weighted by atomic mass is 10.8. The Morgan fingerprint density at radius 1 is 1.36 bits per heavy atom. The average Bonchev–Trinajstić information content (AvgIpc) is 1.78. The fraction of sp³-hybridized carbons (Fsp3) is 0.800. The molecule has 0 saturated carbocycles. The molecule has 14 heavy (non-hydrogen) atoms. The first-order valence-corrected chi connectivity index (χ1v) is 7.68. The molecule has 6 nitrogen and oxygen atoms in total. The Labute approximate surface area is 88.8 Å². The highest BCUT2D eigenvalue weighted by molar-refractivity contribution is 7.92. The molecule has 0 aromatic rings. The van der Waals surface area contributed by atoms with Crippen LogP contribution in [0.25, 0.3) is 0 Å². The van der Waals surface area contributed by atoms with E-state index in [0.29, 0.717) is 0 Å². The molecule has 0 aliphatic carbocycles. The highest BCUT2D eigenvalue weighted by Gasteiger charge is 2.12. The van der Waals surface area contributed by atoms with Crippen LogP contribution >= 0.6 is 12.2 Å². The molecule has 0 aromatic heterocycles. The van der Waals surface area contributed by atoms with Gasteiger partial charge in [0.2, 0.25) is 10.0 Å². The van der Waals surface area contributed by atoms with Gasteiger partial charge in [0.1, 0.15) is 15.6 Å². The summed E-state index contributed by atoms with van der Waals surface area (Å²) in [6.07, 6.45) is 1.02. The number of thiocarbonyl (C=S) groups is 1. The molecule has 0 bridgehead atoms. The molecular weight excluding hydrogens is 248 g/mol. The SMILES string of the molecule is CS(=O)(=O)CCNS(=O)(=O)CC(N)=S. The summed E-state index contributed by atoms with van der Waals surface area (Å²) < 4.78 is 45.5. The number of rotatable bonds is 6. The van der Waals surface area contributed by atoms with E-state index in [0.717, 1.165) is 6.26 Å². The Kier molecular flexibility index (Phi) is 4.92. The fourth-order valence-corrected chi connectivity index (χ4v) is 2.58. The van der Waals surface area contributed by atoms with E-state index in [2.05, 4.69) is 16.9 Å². The summed E-state index contributed by atoms with van der Waals surface area (Å²) >= 11 is 4.41. The molecule has 0 atom stereocenters. The quantitative estimate of drug-likeness (QED) is 0.548. The standard InChI is InChI=1S/C5H12N2O4S3/c1-13(8,9)3-2-7-14(10,11)4-5(6)12/h7H,2-4H2,1H3,(H2,6,12). The zero-order valence-corrected chi connectivity index (χ0v) is 10.0. The number of sulfone groups is 1. The molecule has 0 rings (SSSR count). The van der Waals surface area contributed by atoms with Crippen LogP contribution in [0.5, 0.6) is 0 Å². The second kappa shape index (κ2) is 5.01. The van der Waals surface area contributed by atoms with Gasteiger partial charge in [-0.25, -0.2) is 21.6 Å². The van der Waals surface area contributed by atoms with E-state index in [1.165, 1.54) is 0 Å². The predicted molar refractivity (Wildman–Crippen MR) is 58.3 cm³/mol. The van der Waals surface area contributed by atoms with Crippen molar-refractivity contribution in [3.8, 4) is 0 Å². The first-order chi connectivity index (χ1) is 6.12. The first kappa shape index (κ1) is 13.8. The Bertz CT molecular complexity index is 397. The zero-order valence-electron chi connectivity index (χ0n) is 7.56. The molecule has 0 amide bonds. The first-order valence-electron chi connectivity index (χ1n) is 3.56. The minimum Gasteiger partial charge on any atom is -0.392 e. The van der Waals surface area contributed by atoms with Gasteiger partial charge in [-0.2, -0.15) is 0 Å². The van der Waals surface area contributed by atoms with Crippen molar-refractivity contribution in [2.75, 3.05) is 24.3 Å². The van der Waals surface area contributed by atoms with Crippen LogP contribution in [0, 0.1) is 0 Å². The lowest BCUT2D eigenvalue weighted by Gasteiger charge is -2.04. The number of nitrogens with one attached hydrogen (secondary N) is 1. The zero-order chi connectivity index (χ0) is 11.4. The van der Waals surface area contributed by atoms with Crippen molar-refractivity contribution >= 4 is 37.1 Å². The largest absolute Gasteiger partial charge is 0.392 e. The molecule has 0 saturated heterocycles. The van der Waals surface area contributed by atoms with Gasteiger partial charge in [-0.3, -0.25) is 0 Å². The van der Waals surface area contributed by atoms with E-state index in [4.69, 9.17) is 5.73 Å². The summed E-state index contributed by atoms with van der Waals surface area (Å²) in [6.45, 7) is -0.163. The van der Waals surface area contributed by atoms with Crippen LogP contribution in [0.15, 0.2) is 0 Å². The van der Waals surface area contributed by atoms with Gasteiger partial charge in [0.15, 0.2) is 0 Å². The van der Waals surface area contributed by atoms with Gasteiger partial charge in [-0.05, 0) is 0 Å². The molecule has 0 aliphatic heterocycles. The van der Waals surface area contributed by atoms with Gasteiger partial charge < -0.3 is 5.73 Å². The van der Waals surface area contributed by atoms with Crippen molar-refractivity contribution in [3.05, 3.63) is 0 Å². The Balaban J connectivity index is 4.08. The highest BCUT2D eigenvalue weighted by Crippen LogP contribution is 1.86. The highest BCUT2D eigenvalue weighted by atomic mass is 32.2. The number of hydrogen-bond donors (Lipinski definition) is 2. The molecule has 0 heterocycles. The molecule has 0 unspecified atom stereocenters. The molecule has 9 heteroatoms. The topological polar surface area (TPSA) is 106 Å². The summed E-state index contributed by atoms with van der Waals surface area (Å²) in [5, 5.41) is 0. The normalized spacial score (nSPS) is 12.6. The van der Waals surface area contributed by atoms with Crippen LogP contribution in [-0.4, -0.2) is 46.1 Å². The van der Waals surface area contributed by atoms with E-state index in [9.17, 15) is 16.8 Å². The van der Waals surface area contributed by atoms with Gasteiger partial charge in [0, 0.05) is 12.8 Å². The Morgan fingerprint density at radius 2 is 1.86 bits per heavy atom. The van der Waals surface area contributed by atoms with Crippen LogP contribution in [0.2, 0.25) is 0 Å². The maximum absolute atomic E-state index is 11.1. The maximum Gasteiger partial charge on any atom is 0.218 e. The van der Waals surface area contributed by atoms with Crippen LogP contribution in [0.1, 0.15) is 0 Å². The smallest absolute Gasteiger partial charge is 0.218 e. The van der Waals surface area contributed by atoms with Crippen molar-refractivity contribution in [2.45, 2.75) is 0 Å². The van der Waals surface area contributed by atoms with Crippen LogP contribution in [-0.2, 0) is 19.9 Å². The minimum atomic E-state index is -3.58. The van der Waals surface area contributed by atoms with Crippen molar-refractivity contribution in [2.24, 2.45) is 5.73 Å². The van der Waals surface area contributed by atoms with Gasteiger partial charge >= 0.3 is 0 Å². The van der Waals surface area contributed by atoms with Gasteiger partial charge in [-0.1, -0.05) is 12.2 Å². The molecule has 84 valence electrons.